The van der Waals surface area contributed by atoms with Crippen molar-refractivity contribution in [2.45, 2.75) is 0 Å². The van der Waals surface area contributed by atoms with Gasteiger partial charge in [-0.05, 0) is 0 Å². The van der Waals surface area contributed by atoms with Crippen LogP contribution in [0.3, 0.4) is 0 Å². The van der Waals surface area contributed by atoms with Gasteiger partial charge in [-0.1, -0.05) is 0 Å². The van der Waals surface area contributed by atoms with Crippen molar-refractivity contribution in [3.63, 3.8) is 0 Å². The predicted molar refractivity (Wildman–Crippen MR) is 108 cm³/mol. The lowest BCUT2D eigenvalue weighted by molar-refractivity contribution is 1.21. The maximum Gasteiger partial charge on any atom is 0.182 e. The number of anilines is 3. The van der Waals surface area contributed by atoms with E-state index in [0.29, 0.717) is 50.9 Å². The van der Waals surface area contributed by atoms with Crippen molar-refractivity contribution >= 4 is 50.9 Å². The molecule has 6 rings (SSSR count). The summed E-state index contributed by atoms with van der Waals surface area (Å²) in [5.41, 5.74) is 20.3. The molecule has 0 atom stereocenters. The lowest BCUT2D eigenvalue weighted by Crippen LogP contribution is -1.91. The average Bonchev–Trinajstić information content (AvgIpc) is 3.50. The maximum atomic E-state index is 5.48. The summed E-state index contributed by atoms with van der Waals surface area (Å²) in [5, 5.41) is 0. The molecule has 6 aromatic heterocycles. The Morgan fingerprint density at radius 3 is 1.00 bits per heavy atom. The van der Waals surface area contributed by atoms with Crippen LogP contribution in [0.15, 0.2) is 38.0 Å². The Bertz CT molecular complexity index is 1230. The van der Waals surface area contributed by atoms with Crippen molar-refractivity contribution in [2.24, 2.45) is 0 Å². The smallest absolute Gasteiger partial charge is 0.182 e. The van der Waals surface area contributed by atoms with E-state index in [4.69, 9.17) is 17.2 Å². The molecule has 15 nitrogen and oxygen atoms in total. The van der Waals surface area contributed by atoms with E-state index >= 15 is 0 Å². The summed E-state index contributed by atoms with van der Waals surface area (Å²) >= 11 is 0. The summed E-state index contributed by atoms with van der Waals surface area (Å²) in [6.45, 7) is 0. The highest BCUT2D eigenvalue weighted by molar-refractivity contribution is 5.81. The molecule has 0 aliphatic rings. The van der Waals surface area contributed by atoms with Crippen molar-refractivity contribution < 1.29 is 0 Å². The van der Waals surface area contributed by atoms with Crippen LogP contribution in [-0.2, 0) is 0 Å². The van der Waals surface area contributed by atoms with Gasteiger partial charge in [-0.15, -0.1) is 0 Å². The van der Waals surface area contributed by atoms with E-state index in [-0.39, 0.29) is 0 Å². The van der Waals surface area contributed by atoms with E-state index in [2.05, 4.69) is 59.8 Å². The van der Waals surface area contributed by atoms with Crippen molar-refractivity contribution in [3.8, 4) is 0 Å². The fraction of sp³-hybridized carbons (Fsp3) is 0. The zero-order valence-corrected chi connectivity index (χ0v) is 15.2. The van der Waals surface area contributed by atoms with Gasteiger partial charge in [0.2, 0.25) is 0 Å². The fourth-order valence-corrected chi connectivity index (χ4v) is 2.35. The highest BCUT2D eigenvalue weighted by Gasteiger charge is 2.00. The number of imidazole rings is 3. The fourth-order valence-electron chi connectivity index (χ4n) is 2.35. The first-order valence-electron chi connectivity index (χ1n) is 8.32. The van der Waals surface area contributed by atoms with Crippen LogP contribution in [0, 0.1) is 0 Å². The highest BCUT2D eigenvalue weighted by Crippen LogP contribution is 2.10. The minimum Gasteiger partial charge on any atom is -0.382 e. The number of hydrogen-bond donors (Lipinski definition) is 6. The van der Waals surface area contributed by atoms with Crippen molar-refractivity contribution in [1.29, 1.82) is 0 Å². The Kier molecular flexibility index (Phi) is 4.89. The molecule has 0 amide bonds. The van der Waals surface area contributed by atoms with Gasteiger partial charge in [-0.25, -0.2) is 44.9 Å². The zero-order chi connectivity index (χ0) is 20.9. The summed E-state index contributed by atoms with van der Waals surface area (Å²) in [6.07, 6.45) is 8.77. The summed E-state index contributed by atoms with van der Waals surface area (Å²) in [7, 11) is 0. The van der Waals surface area contributed by atoms with Gasteiger partial charge in [0.15, 0.2) is 34.4 Å². The van der Waals surface area contributed by atoms with E-state index in [9.17, 15) is 0 Å². The SMILES string of the molecule is Nc1ncnc2nc[nH]c12.Nc1ncnc2nc[nH]c12.Nc1ncnc2nc[nH]c12. The molecule has 0 saturated heterocycles. The molecule has 15 heteroatoms. The molecule has 0 aromatic carbocycles. The van der Waals surface area contributed by atoms with Gasteiger partial charge in [0.05, 0.1) is 19.0 Å². The quantitative estimate of drug-likeness (QED) is 0.192. The topological polar surface area (TPSA) is 241 Å². The Hall–Kier alpha value is -4.95. The van der Waals surface area contributed by atoms with Crippen LogP contribution in [0.2, 0.25) is 0 Å². The van der Waals surface area contributed by atoms with E-state index in [1.807, 2.05) is 0 Å². The lowest BCUT2D eigenvalue weighted by Gasteiger charge is -1.89. The van der Waals surface area contributed by atoms with E-state index in [0.717, 1.165) is 0 Å². The van der Waals surface area contributed by atoms with Gasteiger partial charge in [0.1, 0.15) is 35.5 Å². The van der Waals surface area contributed by atoms with Gasteiger partial charge < -0.3 is 32.2 Å². The molecule has 0 saturated carbocycles. The minimum absolute atomic E-state index is 0.433. The van der Waals surface area contributed by atoms with Gasteiger partial charge in [-0.3, -0.25) is 0 Å². The van der Waals surface area contributed by atoms with Gasteiger partial charge in [0.25, 0.3) is 0 Å². The molecule has 9 N–H and O–H groups in total. The van der Waals surface area contributed by atoms with Gasteiger partial charge in [-0.2, -0.15) is 0 Å². The third kappa shape index (κ3) is 3.70. The van der Waals surface area contributed by atoms with Crippen LogP contribution in [-0.4, -0.2) is 59.8 Å². The second-order valence-electron chi connectivity index (χ2n) is 5.58. The standard InChI is InChI=1S/3C5H5N5/c3*6-4-3-5(9-1-7-3)10-2-8-4/h3*1-2H,(H3,6,7,8,9,10). The van der Waals surface area contributed by atoms with Crippen molar-refractivity contribution in [3.05, 3.63) is 38.0 Å². The van der Waals surface area contributed by atoms with E-state index in [1.54, 1.807) is 0 Å². The molecule has 150 valence electrons. The molecule has 6 heterocycles. The maximum absolute atomic E-state index is 5.48. The number of nitrogens with zero attached hydrogens (tertiary/aromatic N) is 9. The third-order valence-corrected chi connectivity index (χ3v) is 3.76. The predicted octanol–water partition coefficient (Wildman–Crippen LogP) is -0.195. The van der Waals surface area contributed by atoms with E-state index < -0.39 is 0 Å². The number of aromatic nitrogens is 12. The molecule has 0 aliphatic carbocycles. The van der Waals surface area contributed by atoms with Gasteiger partial charge >= 0.3 is 0 Å². The Balaban J connectivity index is 0.000000109. The second-order valence-corrected chi connectivity index (χ2v) is 5.58. The first-order valence-corrected chi connectivity index (χ1v) is 8.32. The molecule has 6 aromatic rings. The number of nitrogens with one attached hydrogen (secondary N) is 3. The Labute approximate surface area is 166 Å². The molecular weight excluding hydrogens is 390 g/mol. The number of nitrogens with two attached hydrogens (primary N) is 3. The molecule has 0 bridgehead atoms. The van der Waals surface area contributed by atoms with Crippen LogP contribution in [0.25, 0.3) is 33.5 Å². The number of rotatable bonds is 0. The first kappa shape index (κ1) is 18.4. The number of fused-ring (bicyclic) bond motifs is 3. The Morgan fingerprint density at radius 1 is 0.433 bits per heavy atom. The molecule has 0 radical (unpaired) electrons. The van der Waals surface area contributed by atoms with Crippen LogP contribution < -0.4 is 17.2 Å². The number of nitrogen functional groups attached to an aromatic ring is 3. The van der Waals surface area contributed by atoms with Crippen molar-refractivity contribution in [2.75, 3.05) is 17.2 Å². The van der Waals surface area contributed by atoms with Crippen LogP contribution in [0.5, 0.6) is 0 Å². The largest absolute Gasteiger partial charge is 0.382 e. The highest BCUT2D eigenvalue weighted by atomic mass is 15.0. The molecule has 0 unspecified atom stereocenters. The summed E-state index contributed by atoms with van der Waals surface area (Å²) < 4.78 is 0. The Morgan fingerprint density at radius 2 is 0.733 bits per heavy atom. The molecule has 30 heavy (non-hydrogen) atoms. The van der Waals surface area contributed by atoms with Crippen molar-refractivity contribution in [1.82, 2.24) is 59.8 Å². The summed E-state index contributed by atoms with van der Waals surface area (Å²) in [5.74, 6) is 1.30. The molecule has 0 spiro atoms. The lowest BCUT2D eigenvalue weighted by atomic mass is 10.5. The first-order chi connectivity index (χ1) is 14.6. The summed E-state index contributed by atoms with van der Waals surface area (Å²) in [6, 6.07) is 0. The molecular formula is C15H15N15. The zero-order valence-electron chi connectivity index (χ0n) is 15.2. The van der Waals surface area contributed by atoms with Crippen LogP contribution in [0.1, 0.15) is 0 Å². The normalized spacial score (nSPS) is 10.4. The second kappa shape index (κ2) is 7.97. The molecule has 0 aliphatic heterocycles. The average molecular weight is 405 g/mol. The van der Waals surface area contributed by atoms with Crippen LogP contribution in [0.4, 0.5) is 17.5 Å². The third-order valence-electron chi connectivity index (χ3n) is 3.76. The molecule has 0 fully saturated rings. The van der Waals surface area contributed by atoms with Crippen LogP contribution >= 0.6 is 0 Å². The summed E-state index contributed by atoms with van der Waals surface area (Å²) in [4.78, 5) is 43.1. The number of hydrogen-bond acceptors (Lipinski definition) is 12. The number of H-pyrrole nitrogens is 3. The minimum atomic E-state index is 0.433. The van der Waals surface area contributed by atoms with E-state index in [1.165, 1.54) is 38.0 Å². The number of aromatic amines is 3. The monoisotopic (exact) mass is 405 g/mol. The van der Waals surface area contributed by atoms with Gasteiger partial charge in [0, 0.05) is 0 Å².